The van der Waals surface area contributed by atoms with Crippen LogP contribution in [0.15, 0.2) is 21.5 Å². The number of amides is 1. The number of halogens is 1. The van der Waals surface area contributed by atoms with E-state index in [2.05, 4.69) is 26.2 Å². The Morgan fingerprint density at radius 1 is 1.50 bits per heavy atom. The van der Waals surface area contributed by atoms with Gasteiger partial charge in [-0.15, -0.1) is 0 Å². The van der Waals surface area contributed by atoms with Gasteiger partial charge in [0.15, 0.2) is 0 Å². The SMILES string of the molecule is CC(C)(C)OC(=O)Nc1c[nH]c(=O)c(Br)c1. The Kier molecular flexibility index (Phi) is 3.74. The normalized spacial score (nSPS) is 11.0. The lowest BCUT2D eigenvalue weighted by Gasteiger charge is -2.19. The highest BCUT2D eigenvalue weighted by Gasteiger charge is 2.16. The van der Waals surface area contributed by atoms with Crippen molar-refractivity contribution in [3.05, 3.63) is 27.1 Å². The fourth-order valence-electron chi connectivity index (χ4n) is 0.950. The Labute approximate surface area is 101 Å². The molecule has 16 heavy (non-hydrogen) atoms. The van der Waals surface area contributed by atoms with Gasteiger partial charge in [-0.25, -0.2) is 4.79 Å². The van der Waals surface area contributed by atoms with E-state index in [1.54, 1.807) is 20.8 Å². The molecule has 88 valence electrons. The largest absolute Gasteiger partial charge is 0.444 e. The molecule has 0 aliphatic carbocycles. The van der Waals surface area contributed by atoms with Gasteiger partial charge in [-0.2, -0.15) is 0 Å². The maximum Gasteiger partial charge on any atom is 0.412 e. The van der Waals surface area contributed by atoms with Crippen molar-refractivity contribution in [2.75, 3.05) is 5.32 Å². The van der Waals surface area contributed by atoms with Gasteiger partial charge in [0.25, 0.3) is 5.56 Å². The summed E-state index contributed by atoms with van der Waals surface area (Å²) in [7, 11) is 0. The second-order valence-corrected chi connectivity index (χ2v) is 5.05. The van der Waals surface area contributed by atoms with Crippen LogP contribution in [0.3, 0.4) is 0 Å². The summed E-state index contributed by atoms with van der Waals surface area (Å²) < 4.78 is 5.40. The van der Waals surface area contributed by atoms with Crippen molar-refractivity contribution in [1.29, 1.82) is 0 Å². The van der Waals surface area contributed by atoms with E-state index >= 15 is 0 Å². The number of aromatic amines is 1. The molecule has 0 saturated carbocycles. The summed E-state index contributed by atoms with van der Waals surface area (Å²) >= 11 is 3.06. The first-order valence-corrected chi connectivity index (χ1v) is 5.45. The summed E-state index contributed by atoms with van der Waals surface area (Å²) in [5, 5.41) is 2.51. The van der Waals surface area contributed by atoms with E-state index in [-0.39, 0.29) is 5.56 Å². The molecule has 0 unspecified atom stereocenters. The Balaban J connectivity index is 2.71. The van der Waals surface area contributed by atoms with Crippen LogP contribution in [0.4, 0.5) is 10.5 Å². The molecule has 0 aliphatic rings. The Hall–Kier alpha value is -1.30. The molecule has 0 aromatic carbocycles. The fraction of sp³-hybridized carbons (Fsp3) is 0.400. The van der Waals surface area contributed by atoms with E-state index < -0.39 is 11.7 Å². The average Bonchev–Trinajstić information content (AvgIpc) is 2.08. The van der Waals surface area contributed by atoms with Gasteiger partial charge in [0.2, 0.25) is 0 Å². The molecule has 0 saturated heterocycles. The minimum absolute atomic E-state index is 0.255. The molecule has 0 fully saturated rings. The van der Waals surface area contributed by atoms with Gasteiger partial charge < -0.3 is 9.72 Å². The topological polar surface area (TPSA) is 71.2 Å². The second kappa shape index (κ2) is 4.69. The molecule has 5 nitrogen and oxygen atoms in total. The molecule has 6 heteroatoms. The van der Waals surface area contributed by atoms with Crippen molar-refractivity contribution in [1.82, 2.24) is 4.98 Å². The van der Waals surface area contributed by atoms with Gasteiger partial charge in [0.1, 0.15) is 5.60 Å². The quantitative estimate of drug-likeness (QED) is 0.834. The molecule has 0 radical (unpaired) electrons. The van der Waals surface area contributed by atoms with Crippen LogP contribution < -0.4 is 10.9 Å². The maximum atomic E-state index is 11.4. The number of carbonyl (C=O) groups excluding carboxylic acids is 1. The molecular weight excluding hydrogens is 276 g/mol. The summed E-state index contributed by atoms with van der Waals surface area (Å²) in [5.74, 6) is 0. The predicted molar refractivity (Wildman–Crippen MR) is 64.6 cm³/mol. The molecule has 0 atom stereocenters. The summed E-state index contributed by atoms with van der Waals surface area (Å²) in [5.41, 5.74) is -0.348. The van der Waals surface area contributed by atoms with Crippen molar-refractivity contribution >= 4 is 27.7 Å². The first kappa shape index (κ1) is 12.8. The van der Waals surface area contributed by atoms with Crippen LogP contribution in [0.1, 0.15) is 20.8 Å². The third kappa shape index (κ3) is 4.06. The monoisotopic (exact) mass is 288 g/mol. The van der Waals surface area contributed by atoms with E-state index in [9.17, 15) is 9.59 Å². The number of ether oxygens (including phenoxy) is 1. The molecule has 1 amide bonds. The third-order valence-corrected chi connectivity index (χ3v) is 2.09. The number of H-pyrrole nitrogens is 1. The van der Waals surface area contributed by atoms with E-state index in [4.69, 9.17) is 4.74 Å². The summed E-state index contributed by atoms with van der Waals surface area (Å²) in [6.45, 7) is 5.32. The maximum absolute atomic E-state index is 11.4. The van der Waals surface area contributed by atoms with Crippen molar-refractivity contribution in [2.45, 2.75) is 26.4 Å². The Morgan fingerprint density at radius 3 is 2.62 bits per heavy atom. The Bertz CT molecular complexity index is 448. The average molecular weight is 289 g/mol. The first-order valence-electron chi connectivity index (χ1n) is 4.66. The van der Waals surface area contributed by atoms with Gasteiger partial charge >= 0.3 is 6.09 Å². The molecule has 1 heterocycles. The summed E-state index contributed by atoms with van der Waals surface area (Å²) in [6.07, 6.45) is 0.836. The zero-order chi connectivity index (χ0) is 12.3. The minimum Gasteiger partial charge on any atom is -0.444 e. The van der Waals surface area contributed by atoms with E-state index in [1.165, 1.54) is 12.3 Å². The van der Waals surface area contributed by atoms with Gasteiger partial charge in [-0.1, -0.05) is 0 Å². The number of aromatic nitrogens is 1. The van der Waals surface area contributed by atoms with Gasteiger partial charge in [0, 0.05) is 6.20 Å². The smallest absolute Gasteiger partial charge is 0.412 e. The van der Waals surface area contributed by atoms with Crippen molar-refractivity contribution in [3.63, 3.8) is 0 Å². The molecule has 1 aromatic heterocycles. The van der Waals surface area contributed by atoms with Crippen molar-refractivity contribution < 1.29 is 9.53 Å². The summed E-state index contributed by atoms with van der Waals surface area (Å²) in [6, 6.07) is 1.50. The molecular formula is C10H13BrN2O3. The lowest BCUT2D eigenvalue weighted by Crippen LogP contribution is -2.27. The lowest BCUT2D eigenvalue weighted by molar-refractivity contribution is 0.0636. The Morgan fingerprint density at radius 2 is 2.12 bits per heavy atom. The number of pyridine rings is 1. The molecule has 0 aliphatic heterocycles. The van der Waals surface area contributed by atoms with Crippen LogP contribution in [0.5, 0.6) is 0 Å². The van der Waals surface area contributed by atoms with Crippen LogP contribution in [0.2, 0.25) is 0 Å². The van der Waals surface area contributed by atoms with Gasteiger partial charge in [-0.3, -0.25) is 10.1 Å². The van der Waals surface area contributed by atoms with Gasteiger partial charge in [-0.05, 0) is 42.8 Å². The minimum atomic E-state index is -0.563. The van der Waals surface area contributed by atoms with Crippen LogP contribution in [-0.4, -0.2) is 16.7 Å². The standard InChI is InChI=1S/C10H13BrN2O3/c1-10(2,3)16-9(15)13-6-4-7(11)8(14)12-5-6/h4-5H,1-3H3,(H,12,14)(H,13,15). The predicted octanol–water partition coefficient (Wildman–Crippen LogP) is 2.48. The molecule has 1 rings (SSSR count). The number of hydrogen-bond donors (Lipinski definition) is 2. The van der Waals surface area contributed by atoms with Crippen LogP contribution in [-0.2, 0) is 4.74 Å². The number of anilines is 1. The number of nitrogens with one attached hydrogen (secondary N) is 2. The van der Waals surface area contributed by atoms with E-state index in [1.807, 2.05) is 0 Å². The molecule has 1 aromatic rings. The highest BCUT2D eigenvalue weighted by Crippen LogP contribution is 2.12. The fourth-order valence-corrected chi connectivity index (χ4v) is 1.31. The highest BCUT2D eigenvalue weighted by molar-refractivity contribution is 9.10. The zero-order valence-corrected chi connectivity index (χ0v) is 10.8. The van der Waals surface area contributed by atoms with Crippen LogP contribution in [0, 0.1) is 0 Å². The second-order valence-electron chi connectivity index (χ2n) is 4.19. The number of rotatable bonds is 1. The van der Waals surface area contributed by atoms with Crippen LogP contribution in [0.25, 0.3) is 0 Å². The first-order chi connectivity index (χ1) is 7.28. The van der Waals surface area contributed by atoms with Crippen molar-refractivity contribution in [2.24, 2.45) is 0 Å². The zero-order valence-electron chi connectivity index (χ0n) is 9.26. The number of hydrogen-bond acceptors (Lipinski definition) is 3. The molecule has 0 bridgehead atoms. The number of carbonyl (C=O) groups is 1. The van der Waals surface area contributed by atoms with Gasteiger partial charge in [0.05, 0.1) is 10.2 Å². The summed E-state index contributed by atoms with van der Waals surface area (Å²) in [4.78, 5) is 24.9. The molecule has 2 N–H and O–H groups in total. The highest BCUT2D eigenvalue weighted by atomic mass is 79.9. The lowest BCUT2D eigenvalue weighted by atomic mass is 10.2. The van der Waals surface area contributed by atoms with E-state index in [0.717, 1.165) is 0 Å². The third-order valence-electron chi connectivity index (χ3n) is 1.50. The van der Waals surface area contributed by atoms with Crippen LogP contribution >= 0.6 is 15.9 Å². The molecule has 0 spiro atoms. The van der Waals surface area contributed by atoms with E-state index in [0.29, 0.717) is 10.2 Å². The van der Waals surface area contributed by atoms with Crippen molar-refractivity contribution in [3.8, 4) is 0 Å².